The van der Waals surface area contributed by atoms with E-state index in [2.05, 4.69) is 30.5 Å². The van der Waals surface area contributed by atoms with Crippen LogP contribution < -0.4 is 5.32 Å². The quantitative estimate of drug-likeness (QED) is 0.455. The first-order chi connectivity index (χ1) is 14.8. The Balaban J connectivity index is 1.49. The van der Waals surface area contributed by atoms with Gasteiger partial charge in [-0.25, -0.2) is 23.4 Å². The van der Waals surface area contributed by atoms with Gasteiger partial charge in [-0.2, -0.15) is 23.3 Å². The first-order valence-electron chi connectivity index (χ1n) is 8.70. The molecular weight excluding hydrogens is 425 g/mol. The summed E-state index contributed by atoms with van der Waals surface area (Å²) in [6, 6.07) is 4.50. The van der Waals surface area contributed by atoms with Crippen molar-refractivity contribution in [3.05, 3.63) is 54.6 Å². The summed E-state index contributed by atoms with van der Waals surface area (Å²) in [7, 11) is 0. The summed E-state index contributed by atoms with van der Waals surface area (Å²) in [6.45, 7) is -0.552. The molecule has 8 nitrogen and oxygen atoms in total. The molecule has 0 atom stereocenters. The van der Waals surface area contributed by atoms with Gasteiger partial charge in [0.2, 0.25) is 5.82 Å². The van der Waals surface area contributed by atoms with E-state index in [1.54, 1.807) is 0 Å². The van der Waals surface area contributed by atoms with Crippen molar-refractivity contribution in [2.45, 2.75) is 12.6 Å². The van der Waals surface area contributed by atoms with Crippen LogP contribution in [-0.4, -0.2) is 42.9 Å². The fourth-order valence-electron chi connectivity index (χ4n) is 2.54. The van der Waals surface area contributed by atoms with Gasteiger partial charge < -0.3 is 9.84 Å². The summed E-state index contributed by atoms with van der Waals surface area (Å²) in [5, 5.41) is 10.3. The van der Waals surface area contributed by atoms with Crippen molar-refractivity contribution in [2.24, 2.45) is 0 Å². The van der Waals surface area contributed by atoms with Crippen LogP contribution in [0.2, 0.25) is 0 Å². The highest BCUT2D eigenvalue weighted by atomic mass is 19.4. The number of rotatable bonds is 6. The molecule has 0 aliphatic heterocycles. The maximum atomic E-state index is 12.7. The number of anilines is 1. The van der Waals surface area contributed by atoms with Crippen molar-refractivity contribution < 1.29 is 26.5 Å². The molecule has 0 saturated carbocycles. The van der Waals surface area contributed by atoms with Crippen LogP contribution in [0.1, 0.15) is 5.56 Å². The number of hydrogen-bond donors (Lipinski definition) is 1. The van der Waals surface area contributed by atoms with Crippen molar-refractivity contribution in [1.29, 1.82) is 0 Å². The number of nitrogens with one attached hydrogen (secondary N) is 1. The molecular formula is C18H12F5N7O. The van der Waals surface area contributed by atoms with E-state index in [1.165, 1.54) is 41.6 Å². The molecule has 1 N–H and O–H groups in total. The zero-order valence-electron chi connectivity index (χ0n) is 15.4. The molecule has 0 bridgehead atoms. The fraction of sp³-hybridized carbons (Fsp3) is 0.167. The summed E-state index contributed by atoms with van der Waals surface area (Å²) >= 11 is 0. The molecule has 0 aliphatic rings. The molecule has 0 fully saturated rings. The van der Waals surface area contributed by atoms with Crippen LogP contribution in [0.25, 0.3) is 28.7 Å². The molecule has 4 aromatic rings. The third kappa shape index (κ3) is 4.65. The molecule has 0 spiro atoms. The highest BCUT2D eigenvalue weighted by Crippen LogP contribution is 2.30. The lowest BCUT2D eigenvalue weighted by Gasteiger charge is -2.07. The van der Waals surface area contributed by atoms with Gasteiger partial charge in [-0.3, -0.25) is 0 Å². The number of halogens is 5. The Morgan fingerprint density at radius 1 is 1.03 bits per heavy atom. The fourth-order valence-corrected chi connectivity index (χ4v) is 2.54. The minimum Gasteiger partial charge on any atom is -0.363 e. The van der Waals surface area contributed by atoms with Gasteiger partial charge in [0.1, 0.15) is 11.5 Å². The molecule has 0 unspecified atom stereocenters. The van der Waals surface area contributed by atoms with Crippen LogP contribution >= 0.6 is 0 Å². The summed E-state index contributed by atoms with van der Waals surface area (Å²) < 4.78 is 69.0. The summed E-state index contributed by atoms with van der Waals surface area (Å²) in [4.78, 5) is 12.2. The van der Waals surface area contributed by atoms with E-state index in [1.807, 2.05) is 0 Å². The average molecular weight is 437 g/mol. The van der Waals surface area contributed by atoms with Crippen LogP contribution in [0.4, 0.5) is 27.8 Å². The summed E-state index contributed by atoms with van der Waals surface area (Å²) in [5.41, 5.74) is 0.341. The van der Waals surface area contributed by atoms with Gasteiger partial charge in [0, 0.05) is 6.20 Å². The van der Waals surface area contributed by atoms with Crippen molar-refractivity contribution in [1.82, 2.24) is 29.9 Å². The third-order valence-corrected chi connectivity index (χ3v) is 4.03. The SMILES string of the molecule is FC(F)CNc1cnc(-c2noc(-c3cnn(-c4ccc(C(F)(F)F)cc4)c3)n2)cn1. The summed E-state index contributed by atoms with van der Waals surface area (Å²) in [5.74, 6) is 0.394. The zero-order chi connectivity index (χ0) is 22.0. The molecule has 0 radical (unpaired) electrons. The summed E-state index contributed by atoms with van der Waals surface area (Å²) in [6.07, 6.45) is -1.45. The first-order valence-corrected chi connectivity index (χ1v) is 8.70. The monoisotopic (exact) mass is 437 g/mol. The standard InChI is InChI=1S/C18H12F5N7O/c19-14(20)7-26-15-8-24-13(6-25-15)16-28-17(31-29-16)10-5-27-30(9-10)12-3-1-11(2-4-12)18(21,22)23/h1-6,8-9,14H,7H2,(H,25,26). The normalized spacial score (nSPS) is 11.8. The Labute approximate surface area is 170 Å². The van der Waals surface area contributed by atoms with Gasteiger partial charge in [0.25, 0.3) is 12.3 Å². The molecule has 3 heterocycles. The topological polar surface area (TPSA) is 94.6 Å². The smallest absolute Gasteiger partial charge is 0.363 e. The van der Waals surface area contributed by atoms with E-state index in [0.717, 1.165) is 12.1 Å². The van der Waals surface area contributed by atoms with Crippen molar-refractivity contribution in [2.75, 3.05) is 11.9 Å². The largest absolute Gasteiger partial charge is 0.416 e. The maximum Gasteiger partial charge on any atom is 0.416 e. The van der Waals surface area contributed by atoms with E-state index in [-0.39, 0.29) is 23.2 Å². The van der Waals surface area contributed by atoms with Gasteiger partial charge in [-0.15, -0.1) is 0 Å². The predicted octanol–water partition coefficient (Wildman–Crippen LogP) is 4.08. The lowest BCUT2D eigenvalue weighted by atomic mass is 10.2. The van der Waals surface area contributed by atoms with Crippen molar-refractivity contribution >= 4 is 5.82 Å². The van der Waals surface area contributed by atoms with Crippen LogP contribution in [0.3, 0.4) is 0 Å². The Hall–Kier alpha value is -3.90. The molecule has 3 aromatic heterocycles. The van der Waals surface area contributed by atoms with Gasteiger partial charge in [0.05, 0.1) is 41.9 Å². The Morgan fingerprint density at radius 2 is 1.81 bits per heavy atom. The molecule has 13 heteroatoms. The lowest BCUT2D eigenvalue weighted by Crippen LogP contribution is -2.11. The Kier molecular flexibility index (Phi) is 5.31. The molecule has 0 saturated heterocycles. The van der Waals surface area contributed by atoms with E-state index in [4.69, 9.17) is 4.52 Å². The van der Waals surface area contributed by atoms with E-state index >= 15 is 0 Å². The second-order valence-corrected chi connectivity index (χ2v) is 6.20. The molecule has 160 valence electrons. The zero-order valence-corrected chi connectivity index (χ0v) is 15.4. The van der Waals surface area contributed by atoms with Crippen LogP contribution in [-0.2, 0) is 6.18 Å². The Morgan fingerprint density at radius 3 is 2.45 bits per heavy atom. The molecule has 4 rings (SSSR count). The van der Waals surface area contributed by atoms with E-state index < -0.39 is 24.7 Å². The van der Waals surface area contributed by atoms with Crippen LogP contribution in [0.5, 0.6) is 0 Å². The van der Waals surface area contributed by atoms with Crippen LogP contribution in [0.15, 0.2) is 53.6 Å². The highest BCUT2D eigenvalue weighted by molar-refractivity contribution is 5.56. The molecule has 31 heavy (non-hydrogen) atoms. The second kappa shape index (κ2) is 8.08. The van der Waals surface area contributed by atoms with Crippen LogP contribution in [0, 0.1) is 0 Å². The predicted molar refractivity (Wildman–Crippen MR) is 97.4 cm³/mol. The second-order valence-electron chi connectivity index (χ2n) is 6.20. The van der Waals surface area contributed by atoms with E-state index in [9.17, 15) is 22.0 Å². The van der Waals surface area contributed by atoms with Crippen molar-refractivity contribution in [3.8, 4) is 28.7 Å². The van der Waals surface area contributed by atoms with Crippen molar-refractivity contribution in [3.63, 3.8) is 0 Å². The average Bonchev–Trinajstić information content (AvgIpc) is 3.42. The molecule has 0 amide bonds. The number of alkyl halides is 5. The number of hydrogen-bond acceptors (Lipinski definition) is 7. The van der Waals surface area contributed by atoms with E-state index in [0.29, 0.717) is 11.3 Å². The lowest BCUT2D eigenvalue weighted by molar-refractivity contribution is -0.137. The van der Waals surface area contributed by atoms with Gasteiger partial charge in [0.15, 0.2) is 0 Å². The first kappa shape index (κ1) is 20.4. The molecule has 0 aliphatic carbocycles. The van der Waals surface area contributed by atoms with Gasteiger partial charge >= 0.3 is 6.18 Å². The minimum atomic E-state index is -4.42. The highest BCUT2D eigenvalue weighted by Gasteiger charge is 2.30. The minimum absolute atomic E-state index is 0.106. The van der Waals surface area contributed by atoms with Gasteiger partial charge in [-0.1, -0.05) is 5.16 Å². The number of benzene rings is 1. The maximum absolute atomic E-state index is 12.7. The Bertz CT molecular complexity index is 1150. The number of nitrogens with zero attached hydrogens (tertiary/aromatic N) is 6. The third-order valence-electron chi connectivity index (χ3n) is 4.03. The number of aromatic nitrogens is 6. The van der Waals surface area contributed by atoms with Gasteiger partial charge in [-0.05, 0) is 24.3 Å². The molecule has 1 aromatic carbocycles.